The van der Waals surface area contributed by atoms with Crippen molar-refractivity contribution in [3.8, 4) is 11.4 Å². The maximum absolute atomic E-state index is 5.36. The zero-order chi connectivity index (χ0) is 20.0. The lowest BCUT2D eigenvalue weighted by Crippen LogP contribution is -2.19. The summed E-state index contributed by atoms with van der Waals surface area (Å²) >= 11 is 0. The van der Waals surface area contributed by atoms with Gasteiger partial charge in [-0.05, 0) is 66.5 Å². The van der Waals surface area contributed by atoms with E-state index in [0.717, 1.165) is 23.5 Å². The van der Waals surface area contributed by atoms with Crippen LogP contribution < -0.4 is 0 Å². The number of rotatable bonds is 3. The van der Waals surface area contributed by atoms with Crippen LogP contribution in [0, 0.1) is 5.41 Å². The lowest BCUT2D eigenvalue weighted by Gasteiger charge is -2.19. The van der Waals surface area contributed by atoms with Crippen LogP contribution >= 0.6 is 0 Å². The van der Waals surface area contributed by atoms with E-state index < -0.39 is 0 Å². The van der Waals surface area contributed by atoms with Crippen molar-refractivity contribution in [2.75, 3.05) is 0 Å². The number of aromatic nitrogens is 2. The molecule has 3 aromatic rings. The summed E-state index contributed by atoms with van der Waals surface area (Å²) in [6.45, 7) is 6.87. The van der Waals surface area contributed by atoms with Gasteiger partial charge < -0.3 is 0 Å². The average molecular weight is 382 g/mol. The van der Waals surface area contributed by atoms with Crippen molar-refractivity contribution in [3.63, 3.8) is 0 Å². The molecular weight excluding hydrogens is 354 g/mol. The van der Waals surface area contributed by atoms with Crippen LogP contribution in [0.5, 0.6) is 0 Å². The van der Waals surface area contributed by atoms with E-state index in [4.69, 9.17) is 9.98 Å². The minimum absolute atomic E-state index is 0.169. The molecule has 1 atom stereocenters. The fraction of sp³-hybridized carbons (Fsp3) is 0.346. The van der Waals surface area contributed by atoms with Crippen molar-refractivity contribution in [2.24, 2.45) is 10.4 Å². The molecule has 1 unspecified atom stereocenters. The topological polar surface area (TPSA) is 38.1 Å². The van der Waals surface area contributed by atoms with Crippen LogP contribution in [0.2, 0.25) is 0 Å². The molecule has 3 heteroatoms. The molecule has 0 saturated heterocycles. The second kappa shape index (κ2) is 6.91. The summed E-state index contributed by atoms with van der Waals surface area (Å²) in [5.74, 6) is 0.953. The molecule has 1 aliphatic heterocycles. The summed E-state index contributed by atoms with van der Waals surface area (Å²) < 4.78 is 0. The highest BCUT2D eigenvalue weighted by Crippen LogP contribution is 2.57. The molecule has 3 heterocycles. The molecule has 29 heavy (non-hydrogen) atoms. The normalized spacial score (nSPS) is 19.6. The second-order valence-corrected chi connectivity index (χ2v) is 8.91. The highest BCUT2D eigenvalue weighted by molar-refractivity contribution is 6.07. The number of pyridine rings is 2. The molecule has 1 saturated carbocycles. The number of hydrogen-bond donors (Lipinski definition) is 0. The van der Waals surface area contributed by atoms with Gasteiger partial charge in [0.15, 0.2) is 0 Å². The molecule has 0 N–H and O–H groups in total. The maximum atomic E-state index is 5.36. The van der Waals surface area contributed by atoms with Gasteiger partial charge in [-0.3, -0.25) is 9.98 Å². The molecule has 2 aromatic heterocycles. The van der Waals surface area contributed by atoms with Crippen molar-refractivity contribution in [2.45, 2.75) is 51.9 Å². The first-order valence-electron chi connectivity index (χ1n) is 10.7. The zero-order valence-electron chi connectivity index (χ0n) is 17.4. The summed E-state index contributed by atoms with van der Waals surface area (Å²) in [7, 11) is 0. The summed E-state index contributed by atoms with van der Waals surface area (Å²) in [5, 5.41) is 0. The van der Waals surface area contributed by atoms with Crippen molar-refractivity contribution in [3.05, 3.63) is 77.6 Å². The van der Waals surface area contributed by atoms with Crippen LogP contribution in [0.3, 0.4) is 0 Å². The zero-order valence-corrected chi connectivity index (χ0v) is 17.4. The van der Waals surface area contributed by atoms with Crippen LogP contribution in [0.25, 0.3) is 11.4 Å². The van der Waals surface area contributed by atoms with Crippen LogP contribution in [-0.2, 0) is 0 Å². The van der Waals surface area contributed by atoms with Gasteiger partial charge in [0.2, 0.25) is 0 Å². The number of benzene rings is 1. The second-order valence-electron chi connectivity index (χ2n) is 8.91. The third-order valence-electron chi connectivity index (χ3n) is 6.45. The summed E-state index contributed by atoms with van der Waals surface area (Å²) in [6.07, 6.45) is 5.38. The Morgan fingerprint density at radius 2 is 1.66 bits per heavy atom. The summed E-state index contributed by atoms with van der Waals surface area (Å²) in [4.78, 5) is 14.9. The molecule has 1 aromatic carbocycles. The van der Waals surface area contributed by atoms with E-state index in [0.29, 0.717) is 11.8 Å². The van der Waals surface area contributed by atoms with Crippen molar-refractivity contribution >= 4 is 11.4 Å². The molecule has 0 bridgehead atoms. The van der Waals surface area contributed by atoms with Gasteiger partial charge >= 0.3 is 0 Å². The van der Waals surface area contributed by atoms with E-state index in [2.05, 4.69) is 56.1 Å². The van der Waals surface area contributed by atoms with E-state index in [1.165, 1.54) is 35.4 Å². The fourth-order valence-corrected chi connectivity index (χ4v) is 4.74. The van der Waals surface area contributed by atoms with Gasteiger partial charge in [0.25, 0.3) is 0 Å². The van der Waals surface area contributed by atoms with Crippen LogP contribution in [0.4, 0.5) is 5.69 Å². The first-order valence-corrected chi connectivity index (χ1v) is 10.7. The molecule has 2 aliphatic rings. The van der Waals surface area contributed by atoms with Crippen LogP contribution in [0.15, 0.2) is 65.8 Å². The van der Waals surface area contributed by atoms with Crippen molar-refractivity contribution in [1.82, 2.24) is 9.97 Å². The Morgan fingerprint density at radius 1 is 0.897 bits per heavy atom. The fourth-order valence-electron chi connectivity index (χ4n) is 4.74. The predicted octanol–water partition coefficient (Wildman–Crippen LogP) is 6.68. The molecule has 1 spiro atoms. The van der Waals surface area contributed by atoms with Crippen LogP contribution in [-0.4, -0.2) is 15.7 Å². The maximum Gasteiger partial charge on any atom is 0.0894 e. The SMILES string of the molecule is CC(C)c1cccc2c1N=C(c1cccc(-c3ccccn3)n1)C1(CC1)CC2C. The van der Waals surface area contributed by atoms with E-state index in [9.17, 15) is 0 Å². The van der Waals surface area contributed by atoms with E-state index in [1.54, 1.807) is 0 Å². The number of fused-ring (bicyclic) bond motifs is 1. The van der Waals surface area contributed by atoms with Crippen molar-refractivity contribution in [1.29, 1.82) is 0 Å². The molecular formula is C26H27N3. The summed E-state index contributed by atoms with van der Waals surface area (Å²) in [5.41, 5.74) is 8.07. The number of para-hydroxylation sites is 1. The lowest BCUT2D eigenvalue weighted by molar-refractivity contribution is 0.553. The molecule has 1 aliphatic carbocycles. The Labute approximate surface area is 173 Å². The van der Waals surface area contributed by atoms with E-state index in [1.807, 2.05) is 30.5 Å². The standard InChI is InChI=1S/C26H27N3/c1-17(2)19-8-6-9-20-18(3)16-26(13-14-26)25(29-24(19)20)23-12-7-11-22(28-23)21-10-4-5-15-27-21/h4-12,15,17-18H,13-14,16H2,1-3H3. The van der Waals surface area contributed by atoms with Gasteiger partial charge in [0.1, 0.15) is 0 Å². The Bertz CT molecular complexity index is 1080. The third-order valence-corrected chi connectivity index (χ3v) is 6.45. The lowest BCUT2D eigenvalue weighted by atomic mass is 9.84. The van der Waals surface area contributed by atoms with Crippen molar-refractivity contribution < 1.29 is 0 Å². The quantitative estimate of drug-likeness (QED) is 0.508. The highest BCUT2D eigenvalue weighted by atomic mass is 14.9. The Morgan fingerprint density at radius 3 is 2.38 bits per heavy atom. The minimum atomic E-state index is 0.169. The Kier molecular flexibility index (Phi) is 4.34. The van der Waals surface area contributed by atoms with Gasteiger partial charge in [-0.1, -0.05) is 51.1 Å². The highest BCUT2D eigenvalue weighted by Gasteiger charge is 2.50. The number of hydrogen-bond acceptors (Lipinski definition) is 3. The first-order chi connectivity index (χ1) is 14.1. The Hall–Kier alpha value is -2.81. The first kappa shape index (κ1) is 18.2. The monoisotopic (exact) mass is 381 g/mol. The van der Waals surface area contributed by atoms with Gasteiger partial charge in [0.05, 0.1) is 28.5 Å². The number of aliphatic imine (C=N–C) groups is 1. The largest absolute Gasteiger partial charge is 0.255 e. The van der Waals surface area contributed by atoms with Gasteiger partial charge in [-0.25, -0.2) is 4.98 Å². The number of nitrogens with zero attached hydrogens (tertiary/aromatic N) is 3. The van der Waals surface area contributed by atoms with Gasteiger partial charge in [0, 0.05) is 11.6 Å². The molecule has 1 fully saturated rings. The molecule has 0 radical (unpaired) electrons. The molecule has 5 rings (SSSR count). The average Bonchev–Trinajstić information content (AvgIpc) is 3.53. The molecule has 146 valence electrons. The Balaban J connectivity index is 1.68. The molecule has 0 amide bonds. The smallest absolute Gasteiger partial charge is 0.0894 e. The van der Waals surface area contributed by atoms with E-state index >= 15 is 0 Å². The molecule has 3 nitrogen and oxygen atoms in total. The van der Waals surface area contributed by atoms with Crippen LogP contribution in [0.1, 0.15) is 68.7 Å². The van der Waals surface area contributed by atoms with Gasteiger partial charge in [-0.2, -0.15) is 0 Å². The van der Waals surface area contributed by atoms with Gasteiger partial charge in [-0.15, -0.1) is 0 Å². The third kappa shape index (κ3) is 3.19. The summed E-state index contributed by atoms with van der Waals surface area (Å²) in [6, 6.07) is 18.9. The predicted molar refractivity (Wildman–Crippen MR) is 119 cm³/mol. The van der Waals surface area contributed by atoms with E-state index in [-0.39, 0.29) is 5.41 Å². The minimum Gasteiger partial charge on any atom is -0.255 e.